The molecule has 0 aliphatic heterocycles. The molecule has 0 aromatic heterocycles. The maximum atomic E-state index is 11.6. The molecule has 110 valence electrons. The van der Waals surface area contributed by atoms with E-state index in [2.05, 4.69) is 5.32 Å². The highest BCUT2D eigenvalue weighted by molar-refractivity contribution is 5.87. The number of unbranched alkanes of at least 4 members (excludes halogenated alkanes) is 1. The first kappa shape index (κ1) is 17.3. The van der Waals surface area contributed by atoms with Gasteiger partial charge in [-0.1, -0.05) is 0 Å². The summed E-state index contributed by atoms with van der Waals surface area (Å²) < 4.78 is 0. The van der Waals surface area contributed by atoms with Crippen molar-refractivity contribution in [3.8, 4) is 0 Å². The summed E-state index contributed by atoms with van der Waals surface area (Å²) >= 11 is 0. The van der Waals surface area contributed by atoms with Crippen LogP contribution in [-0.2, 0) is 14.4 Å². The van der Waals surface area contributed by atoms with Crippen molar-refractivity contribution in [1.29, 1.82) is 0 Å². The minimum Gasteiger partial charge on any atom is -0.481 e. The van der Waals surface area contributed by atoms with Crippen molar-refractivity contribution in [2.75, 3.05) is 6.54 Å². The Morgan fingerprint density at radius 3 is 2.21 bits per heavy atom. The first-order valence-electron chi connectivity index (χ1n) is 6.09. The summed E-state index contributed by atoms with van der Waals surface area (Å²) in [6.45, 7) is 0.457. The van der Waals surface area contributed by atoms with Gasteiger partial charge in [-0.05, 0) is 32.2 Å². The number of carbonyl (C=O) groups is 3. The third-order valence-corrected chi connectivity index (χ3v) is 2.57. The number of carboxylic acid groups (broad SMARTS) is 2. The van der Waals surface area contributed by atoms with Crippen molar-refractivity contribution in [2.45, 2.75) is 44.2 Å². The summed E-state index contributed by atoms with van der Waals surface area (Å²) in [6, 6.07) is -2.04. The molecule has 19 heavy (non-hydrogen) atoms. The molecule has 0 saturated heterocycles. The first-order chi connectivity index (χ1) is 8.88. The second-order valence-corrected chi connectivity index (χ2v) is 4.22. The molecule has 0 radical (unpaired) electrons. The molecule has 0 bridgehead atoms. The highest BCUT2D eigenvalue weighted by Gasteiger charge is 2.23. The van der Waals surface area contributed by atoms with Crippen LogP contribution >= 0.6 is 0 Å². The zero-order valence-electron chi connectivity index (χ0n) is 10.7. The Morgan fingerprint density at radius 1 is 1.11 bits per heavy atom. The summed E-state index contributed by atoms with van der Waals surface area (Å²) in [5.41, 5.74) is 10.8. The SMILES string of the molecule is NCCCC[C@@H](NC(=O)[C@H](N)CCC(=O)O)C(=O)O. The average molecular weight is 275 g/mol. The van der Waals surface area contributed by atoms with Crippen LogP contribution in [0.4, 0.5) is 0 Å². The molecule has 8 heteroatoms. The molecular formula is C11H21N3O5. The molecule has 1 amide bonds. The van der Waals surface area contributed by atoms with Crippen LogP contribution in [0.5, 0.6) is 0 Å². The molecule has 0 aromatic carbocycles. The number of nitrogens with two attached hydrogens (primary N) is 2. The van der Waals surface area contributed by atoms with Crippen molar-refractivity contribution in [3.05, 3.63) is 0 Å². The second kappa shape index (κ2) is 9.29. The molecule has 0 rings (SSSR count). The lowest BCUT2D eigenvalue weighted by Crippen LogP contribution is -2.48. The molecule has 0 spiro atoms. The molecule has 0 fully saturated rings. The molecule has 0 saturated carbocycles. The topological polar surface area (TPSA) is 156 Å². The molecule has 0 heterocycles. The maximum Gasteiger partial charge on any atom is 0.326 e. The lowest BCUT2D eigenvalue weighted by Gasteiger charge is -2.17. The van der Waals surface area contributed by atoms with Gasteiger partial charge in [-0.3, -0.25) is 9.59 Å². The highest BCUT2D eigenvalue weighted by Crippen LogP contribution is 2.02. The van der Waals surface area contributed by atoms with Crippen LogP contribution in [-0.4, -0.2) is 46.7 Å². The standard InChI is InChI=1S/C11H21N3O5/c12-6-2-1-3-8(11(18)19)14-10(17)7(13)4-5-9(15)16/h7-8H,1-6,12-13H2,(H,14,17)(H,15,16)(H,18,19)/t7-,8-/m1/s1. The Kier molecular flexibility index (Phi) is 8.47. The summed E-state index contributed by atoms with van der Waals surface area (Å²) in [5.74, 6) is -2.85. The number of aliphatic carboxylic acids is 2. The molecule has 0 aromatic rings. The number of carboxylic acids is 2. The predicted octanol–water partition coefficient (Wildman–Crippen LogP) is -1.12. The number of nitrogens with one attached hydrogen (secondary N) is 1. The van der Waals surface area contributed by atoms with Crippen LogP contribution in [0.25, 0.3) is 0 Å². The number of hydrogen-bond acceptors (Lipinski definition) is 5. The summed E-state index contributed by atoms with van der Waals surface area (Å²) in [4.78, 5) is 32.9. The predicted molar refractivity (Wildman–Crippen MR) is 67.3 cm³/mol. The molecule has 8 nitrogen and oxygen atoms in total. The first-order valence-corrected chi connectivity index (χ1v) is 6.09. The van der Waals surface area contributed by atoms with E-state index in [1.54, 1.807) is 0 Å². The summed E-state index contributed by atoms with van der Waals surface area (Å²) in [7, 11) is 0. The van der Waals surface area contributed by atoms with E-state index < -0.39 is 29.9 Å². The number of amides is 1. The van der Waals surface area contributed by atoms with Crippen LogP contribution in [0.2, 0.25) is 0 Å². The molecule has 0 unspecified atom stereocenters. The fourth-order valence-corrected chi connectivity index (χ4v) is 1.44. The Bertz CT molecular complexity index is 321. The quantitative estimate of drug-likeness (QED) is 0.316. The van der Waals surface area contributed by atoms with E-state index in [1.807, 2.05) is 0 Å². The molecule has 0 aliphatic carbocycles. The van der Waals surface area contributed by atoms with Gasteiger partial charge in [0.25, 0.3) is 0 Å². The van der Waals surface area contributed by atoms with Crippen LogP contribution in [0, 0.1) is 0 Å². The van der Waals surface area contributed by atoms with Gasteiger partial charge in [0.2, 0.25) is 5.91 Å². The maximum absolute atomic E-state index is 11.6. The zero-order chi connectivity index (χ0) is 14.8. The van der Waals surface area contributed by atoms with E-state index in [4.69, 9.17) is 21.7 Å². The van der Waals surface area contributed by atoms with Crippen LogP contribution in [0.3, 0.4) is 0 Å². The largest absolute Gasteiger partial charge is 0.481 e. The van der Waals surface area contributed by atoms with E-state index in [0.29, 0.717) is 19.4 Å². The zero-order valence-corrected chi connectivity index (χ0v) is 10.7. The number of carbonyl (C=O) groups excluding carboxylic acids is 1. The van der Waals surface area contributed by atoms with Gasteiger partial charge in [-0.25, -0.2) is 4.79 Å². The van der Waals surface area contributed by atoms with E-state index >= 15 is 0 Å². The van der Waals surface area contributed by atoms with Gasteiger partial charge in [0.15, 0.2) is 0 Å². The highest BCUT2D eigenvalue weighted by atomic mass is 16.4. The third kappa shape index (κ3) is 8.11. The molecule has 2 atom stereocenters. The fourth-order valence-electron chi connectivity index (χ4n) is 1.44. The van der Waals surface area contributed by atoms with Crippen LogP contribution in [0.1, 0.15) is 32.1 Å². The van der Waals surface area contributed by atoms with Gasteiger partial charge in [0.1, 0.15) is 6.04 Å². The van der Waals surface area contributed by atoms with Gasteiger partial charge in [-0.2, -0.15) is 0 Å². The molecule has 0 aliphatic rings. The van der Waals surface area contributed by atoms with Gasteiger partial charge in [0, 0.05) is 6.42 Å². The Hall–Kier alpha value is -1.67. The normalized spacial score (nSPS) is 13.6. The Morgan fingerprint density at radius 2 is 1.74 bits per heavy atom. The van der Waals surface area contributed by atoms with E-state index in [0.717, 1.165) is 0 Å². The summed E-state index contributed by atoms with van der Waals surface area (Å²) in [5, 5.41) is 19.7. The minimum atomic E-state index is -1.14. The van der Waals surface area contributed by atoms with E-state index in [1.165, 1.54) is 0 Å². The monoisotopic (exact) mass is 275 g/mol. The minimum absolute atomic E-state index is 0.0314. The Balaban J connectivity index is 4.21. The van der Waals surface area contributed by atoms with Crippen molar-refractivity contribution in [2.24, 2.45) is 11.5 Å². The van der Waals surface area contributed by atoms with Gasteiger partial charge in [0.05, 0.1) is 6.04 Å². The van der Waals surface area contributed by atoms with Crippen molar-refractivity contribution in [3.63, 3.8) is 0 Å². The Labute approximate surface area is 111 Å². The van der Waals surface area contributed by atoms with Gasteiger partial charge >= 0.3 is 11.9 Å². The van der Waals surface area contributed by atoms with E-state index in [9.17, 15) is 14.4 Å². The van der Waals surface area contributed by atoms with Crippen LogP contribution < -0.4 is 16.8 Å². The third-order valence-electron chi connectivity index (χ3n) is 2.57. The lowest BCUT2D eigenvalue weighted by molar-refractivity contribution is -0.142. The summed E-state index contributed by atoms with van der Waals surface area (Å²) in [6.07, 6.45) is 1.25. The van der Waals surface area contributed by atoms with Crippen molar-refractivity contribution >= 4 is 17.8 Å². The van der Waals surface area contributed by atoms with Crippen molar-refractivity contribution < 1.29 is 24.6 Å². The van der Waals surface area contributed by atoms with Crippen LogP contribution in [0.15, 0.2) is 0 Å². The average Bonchev–Trinajstić information content (AvgIpc) is 2.34. The van der Waals surface area contributed by atoms with Gasteiger partial charge in [-0.15, -0.1) is 0 Å². The van der Waals surface area contributed by atoms with E-state index in [-0.39, 0.29) is 19.3 Å². The number of hydrogen-bond donors (Lipinski definition) is 5. The van der Waals surface area contributed by atoms with Crippen molar-refractivity contribution in [1.82, 2.24) is 5.32 Å². The van der Waals surface area contributed by atoms with Gasteiger partial charge < -0.3 is 27.0 Å². The smallest absolute Gasteiger partial charge is 0.326 e. The molecular weight excluding hydrogens is 254 g/mol. The number of rotatable bonds is 10. The lowest BCUT2D eigenvalue weighted by atomic mass is 10.1. The second-order valence-electron chi connectivity index (χ2n) is 4.22. The molecule has 7 N–H and O–H groups in total. The fraction of sp³-hybridized carbons (Fsp3) is 0.727.